The molecular weight excluding hydrogens is 339 g/mol. The van der Waals surface area contributed by atoms with Gasteiger partial charge in [0.2, 0.25) is 0 Å². The van der Waals surface area contributed by atoms with E-state index in [-0.39, 0.29) is 27.0 Å². The van der Waals surface area contributed by atoms with Crippen LogP contribution in [0.15, 0.2) is 12.1 Å². The highest BCUT2D eigenvalue weighted by molar-refractivity contribution is 14.1. The molecule has 0 bridgehead atoms. The number of nitrogens with zero attached hydrogens (tertiary/aromatic N) is 2. The first-order valence-corrected chi connectivity index (χ1v) is 5.64. The molecule has 1 aromatic carbocycles. The maximum absolute atomic E-state index is 11.5. The molecule has 0 aliphatic carbocycles. The number of nitriles is 1. The molecule has 0 heterocycles. The number of hydrogen-bond acceptors (Lipinski definition) is 5. The second kappa shape index (κ2) is 5.58. The number of esters is 1. The maximum atomic E-state index is 11.5. The average molecular weight is 346 g/mol. The number of hydrogen-bond donors (Lipinski definition) is 0. The summed E-state index contributed by atoms with van der Waals surface area (Å²) >= 11 is 1.67. The van der Waals surface area contributed by atoms with Crippen molar-refractivity contribution in [1.82, 2.24) is 0 Å². The van der Waals surface area contributed by atoms with Crippen molar-refractivity contribution in [3.63, 3.8) is 0 Å². The fourth-order valence-electron chi connectivity index (χ4n) is 1.20. The Morgan fingerprint density at radius 3 is 2.76 bits per heavy atom. The zero-order valence-electron chi connectivity index (χ0n) is 8.77. The lowest BCUT2D eigenvalue weighted by Crippen LogP contribution is -2.09. The van der Waals surface area contributed by atoms with Crippen LogP contribution in [0.1, 0.15) is 22.8 Å². The molecule has 0 aliphatic rings. The Hall–Kier alpha value is -1.69. The van der Waals surface area contributed by atoms with Crippen LogP contribution in [0, 0.1) is 25.0 Å². The average Bonchev–Trinajstić information content (AvgIpc) is 2.27. The second-order valence-corrected chi connectivity index (χ2v) is 3.99. The van der Waals surface area contributed by atoms with Crippen LogP contribution in [0.2, 0.25) is 0 Å². The Morgan fingerprint density at radius 2 is 2.29 bits per heavy atom. The molecule has 1 aromatic rings. The Bertz CT molecular complexity index is 522. The molecule has 0 fully saturated rings. The minimum absolute atomic E-state index is 0.0764. The van der Waals surface area contributed by atoms with E-state index in [4.69, 9.17) is 10.00 Å². The molecule has 0 atom stereocenters. The number of ether oxygens (including phenoxy) is 1. The summed E-state index contributed by atoms with van der Waals surface area (Å²) in [6, 6.07) is 4.31. The van der Waals surface area contributed by atoms with Crippen molar-refractivity contribution >= 4 is 34.2 Å². The molecule has 1 rings (SSSR count). The minimum atomic E-state index is -0.678. The zero-order valence-corrected chi connectivity index (χ0v) is 10.9. The Labute approximate surface area is 110 Å². The largest absolute Gasteiger partial charge is 0.462 e. The number of benzene rings is 1. The fraction of sp³-hybridized carbons (Fsp3) is 0.200. The molecule has 0 amide bonds. The predicted octanol–water partition coefficient (Wildman–Crippen LogP) is 2.25. The van der Waals surface area contributed by atoms with Crippen molar-refractivity contribution < 1.29 is 14.5 Å². The predicted molar refractivity (Wildman–Crippen MR) is 66.5 cm³/mol. The van der Waals surface area contributed by atoms with E-state index in [0.29, 0.717) is 0 Å². The molecule has 0 N–H and O–H groups in total. The highest BCUT2D eigenvalue weighted by atomic mass is 127. The Balaban J connectivity index is 3.39. The molecule has 0 saturated carbocycles. The summed E-state index contributed by atoms with van der Waals surface area (Å²) in [6.45, 7) is 1.82. The van der Waals surface area contributed by atoms with Crippen LogP contribution >= 0.6 is 22.6 Å². The molecule has 88 valence electrons. The van der Waals surface area contributed by atoms with Crippen LogP contribution in [0.25, 0.3) is 0 Å². The summed E-state index contributed by atoms with van der Waals surface area (Å²) < 4.78 is 4.88. The van der Waals surface area contributed by atoms with E-state index in [1.807, 2.05) is 0 Å². The van der Waals surface area contributed by atoms with Gasteiger partial charge in [-0.05, 0) is 41.6 Å². The Kier molecular flexibility index (Phi) is 4.39. The number of carbonyl (C=O) groups is 1. The lowest BCUT2D eigenvalue weighted by atomic mass is 10.1. The van der Waals surface area contributed by atoms with E-state index < -0.39 is 10.9 Å². The standard InChI is InChI=1S/C10H7IN2O4/c1-2-17-10(14)7-4-3-6(5-12)9(8(7)11)13(15)16/h3-4H,2H2,1H3. The van der Waals surface area contributed by atoms with Gasteiger partial charge in [-0.1, -0.05) is 0 Å². The molecule has 17 heavy (non-hydrogen) atoms. The van der Waals surface area contributed by atoms with Gasteiger partial charge in [-0.3, -0.25) is 10.1 Å². The van der Waals surface area contributed by atoms with Gasteiger partial charge >= 0.3 is 11.7 Å². The first kappa shape index (κ1) is 13.4. The van der Waals surface area contributed by atoms with Crippen molar-refractivity contribution in [3.05, 3.63) is 36.9 Å². The van der Waals surface area contributed by atoms with Gasteiger partial charge in [-0.15, -0.1) is 0 Å². The molecule has 0 spiro atoms. The van der Waals surface area contributed by atoms with Crippen LogP contribution in [0.3, 0.4) is 0 Å². The number of halogens is 1. The van der Waals surface area contributed by atoms with Gasteiger partial charge in [-0.25, -0.2) is 4.79 Å². The van der Waals surface area contributed by atoms with Crippen LogP contribution in [-0.4, -0.2) is 17.5 Å². The third-order valence-corrected chi connectivity index (χ3v) is 3.01. The SMILES string of the molecule is CCOC(=O)c1ccc(C#N)c([N+](=O)[O-])c1I. The van der Waals surface area contributed by atoms with Gasteiger partial charge in [0.05, 0.1) is 17.1 Å². The normalized spacial score (nSPS) is 9.47. The third kappa shape index (κ3) is 2.71. The highest BCUT2D eigenvalue weighted by Crippen LogP contribution is 2.28. The van der Waals surface area contributed by atoms with Crippen LogP contribution < -0.4 is 0 Å². The second-order valence-electron chi connectivity index (χ2n) is 2.91. The molecule has 0 radical (unpaired) electrons. The zero-order chi connectivity index (χ0) is 13.0. The highest BCUT2D eigenvalue weighted by Gasteiger charge is 2.24. The van der Waals surface area contributed by atoms with E-state index in [9.17, 15) is 14.9 Å². The molecule has 0 saturated heterocycles. The van der Waals surface area contributed by atoms with Crippen LogP contribution in [-0.2, 0) is 4.74 Å². The number of nitro groups is 1. The maximum Gasteiger partial charge on any atom is 0.339 e. The van der Waals surface area contributed by atoms with Gasteiger partial charge in [0.25, 0.3) is 0 Å². The van der Waals surface area contributed by atoms with E-state index in [0.717, 1.165) is 0 Å². The van der Waals surface area contributed by atoms with Crippen LogP contribution in [0.5, 0.6) is 0 Å². The summed E-state index contributed by atoms with van der Waals surface area (Å²) in [6.07, 6.45) is 0. The smallest absolute Gasteiger partial charge is 0.339 e. The lowest BCUT2D eigenvalue weighted by molar-refractivity contribution is -0.386. The molecule has 0 aliphatic heterocycles. The fourth-order valence-corrected chi connectivity index (χ4v) is 2.09. The molecule has 6 nitrogen and oxygen atoms in total. The Morgan fingerprint density at radius 1 is 1.65 bits per heavy atom. The summed E-state index contributed by atoms with van der Waals surface area (Å²) in [4.78, 5) is 21.7. The molecule has 0 unspecified atom stereocenters. The van der Waals surface area contributed by atoms with Crippen molar-refractivity contribution in [3.8, 4) is 6.07 Å². The van der Waals surface area contributed by atoms with Gasteiger partial charge in [0, 0.05) is 0 Å². The number of rotatable bonds is 3. The summed E-state index contributed by atoms with van der Waals surface area (Å²) in [5.41, 5.74) is -0.343. The quantitative estimate of drug-likeness (QED) is 0.362. The third-order valence-electron chi connectivity index (χ3n) is 1.91. The number of carbonyl (C=O) groups excluding carboxylic acids is 1. The van der Waals surface area contributed by atoms with E-state index in [2.05, 4.69) is 0 Å². The monoisotopic (exact) mass is 346 g/mol. The van der Waals surface area contributed by atoms with Crippen molar-refractivity contribution in [2.45, 2.75) is 6.92 Å². The molecular formula is C10H7IN2O4. The summed E-state index contributed by atoms with van der Waals surface area (Å²) in [5.74, 6) is -0.635. The lowest BCUT2D eigenvalue weighted by Gasteiger charge is -2.05. The van der Waals surface area contributed by atoms with Gasteiger partial charge in [0.1, 0.15) is 15.2 Å². The molecule has 0 aromatic heterocycles. The van der Waals surface area contributed by atoms with Crippen molar-refractivity contribution in [2.75, 3.05) is 6.61 Å². The minimum Gasteiger partial charge on any atom is -0.462 e. The number of nitro benzene ring substituents is 1. The van der Waals surface area contributed by atoms with Crippen molar-refractivity contribution in [2.24, 2.45) is 0 Å². The first-order chi connectivity index (χ1) is 8.02. The molecule has 7 heteroatoms. The van der Waals surface area contributed by atoms with Gasteiger partial charge in [-0.2, -0.15) is 5.26 Å². The topological polar surface area (TPSA) is 93.2 Å². The van der Waals surface area contributed by atoms with Crippen molar-refractivity contribution in [1.29, 1.82) is 5.26 Å². The summed E-state index contributed by atoms with van der Waals surface area (Å²) in [7, 11) is 0. The summed E-state index contributed by atoms with van der Waals surface area (Å²) in [5, 5.41) is 19.6. The first-order valence-electron chi connectivity index (χ1n) is 4.57. The van der Waals surface area contributed by atoms with E-state index in [1.54, 1.807) is 35.6 Å². The van der Waals surface area contributed by atoms with E-state index in [1.165, 1.54) is 12.1 Å². The van der Waals surface area contributed by atoms with Gasteiger partial charge < -0.3 is 4.74 Å². The van der Waals surface area contributed by atoms with E-state index >= 15 is 0 Å². The van der Waals surface area contributed by atoms with Gasteiger partial charge in [0.15, 0.2) is 0 Å². The van der Waals surface area contributed by atoms with Crippen LogP contribution in [0.4, 0.5) is 5.69 Å².